The summed E-state index contributed by atoms with van der Waals surface area (Å²) in [7, 11) is 1.76. The Bertz CT molecular complexity index is 685. The highest BCUT2D eigenvalue weighted by Gasteiger charge is 2.14. The van der Waals surface area contributed by atoms with Crippen LogP contribution in [0, 0.1) is 10.1 Å². The van der Waals surface area contributed by atoms with Crippen LogP contribution in [0.1, 0.15) is 16.2 Å². The molecule has 8 nitrogen and oxygen atoms in total. The molecule has 1 heterocycles. The third-order valence-electron chi connectivity index (χ3n) is 2.69. The van der Waals surface area contributed by atoms with Gasteiger partial charge in [0.2, 0.25) is 0 Å². The van der Waals surface area contributed by atoms with Crippen molar-refractivity contribution >= 4 is 23.2 Å². The van der Waals surface area contributed by atoms with E-state index in [1.807, 2.05) is 0 Å². The SMILES string of the molecule is Cn1cnc(CCNC(=O)c2ccc([N+](=O)[O-])cc2Cl)n1. The average molecular weight is 310 g/mol. The number of nitro benzene ring substituents is 1. The first kappa shape index (κ1) is 14.9. The van der Waals surface area contributed by atoms with Gasteiger partial charge in [-0.2, -0.15) is 5.10 Å². The summed E-state index contributed by atoms with van der Waals surface area (Å²) in [6.45, 7) is 0.343. The standard InChI is InChI=1S/C12H12ClN5O3/c1-17-7-15-11(16-17)4-5-14-12(19)9-3-2-8(18(20)21)6-10(9)13/h2-3,6-7H,4-5H2,1H3,(H,14,19). The van der Waals surface area contributed by atoms with Crippen LogP contribution in [0.2, 0.25) is 5.02 Å². The van der Waals surface area contributed by atoms with Crippen LogP contribution < -0.4 is 5.32 Å². The number of hydrogen-bond acceptors (Lipinski definition) is 5. The molecule has 0 bridgehead atoms. The Balaban J connectivity index is 1.95. The molecule has 9 heteroatoms. The van der Waals surface area contributed by atoms with E-state index in [1.54, 1.807) is 18.1 Å². The summed E-state index contributed by atoms with van der Waals surface area (Å²) in [4.78, 5) is 26.0. The first-order valence-electron chi connectivity index (χ1n) is 6.04. The monoisotopic (exact) mass is 309 g/mol. The summed E-state index contributed by atoms with van der Waals surface area (Å²) in [5, 5.41) is 17.4. The molecule has 1 aromatic carbocycles. The number of rotatable bonds is 5. The number of carbonyl (C=O) groups excluding carboxylic acids is 1. The Morgan fingerprint density at radius 1 is 1.52 bits per heavy atom. The second-order valence-corrected chi connectivity index (χ2v) is 4.67. The minimum absolute atomic E-state index is 0.0395. The Morgan fingerprint density at radius 2 is 2.29 bits per heavy atom. The molecular weight excluding hydrogens is 298 g/mol. The van der Waals surface area contributed by atoms with Crippen LogP contribution in [0.3, 0.4) is 0 Å². The molecule has 2 rings (SSSR count). The molecule has 0 atom stereocenters. The lowest BCUT2D eigenvalue weighted by atomic mass is 10.2. The minimum Gasteiger partial charge on any atom is -0.352 e. The molecule has 1 N–H and O–H groups in total. The van der Waals surface area contributed by atoms with E-state index in [4.69, 9.17) is 11.6 Å². The summed E-state index contributed by atoms with van der Waals surface area (Å²) >= 11 is 5.87. The quantitative estimate of drug-likeness (QED) is 0.663. The molecule has 0 saturated carbocycles. The third-order valence-corrected chi connectivity index (χ3v) is 3.00. The molecule has 0 spiro atoms. The number of aryl methyl sites for hydroxylation is 1. The lowest BCUT2D eigenvalue weighted by Gasteiger charge is -2.05. The molecule has 21 heavy (non-hydrogen) atoms. The molecule has 0 fully saturated rings. The Morgan fingerprint density at radius 3 is 2.86 bits per heavy atom. The van der Waals surface area contributed by atoms with E-state index in [9.17, 15) is 14.9 Å². The summed E-state index contributed by atoms with van der Waals surface area (Å²) in [6.07, 6.45) is 2.06. The lowest BCUT2D eigenvalue weighted by Crippen LogP contribution is -2.26. The second kappa shape index (κ2) is 6.31. The summed E-state index contributed by atoms with van der Waals surface area (Å²) in [6, 6.07) is 3.71. The number of aromatic nitrogens is 3. The average Bonchev–Trinajstić information content (AvgIpc) is 2.84. The number of hydrogen-bond donors (Lipinski definition) is 1. The highest BCUT2D eigenvalue weighted by Crippen LogP contribution is 2.22. The van der Waals surface area contributed by atoms with E-state index in [0.29, 0.717) is 18.8 Å². The predicted molar refractivity (Wildman–Crippen MR) is 75.1 cm³/mol. The van der Waals surface area contributed by atoms with Crippen molar-refractivity contribution < 1.29 is 9.72 Å². The maximum absolute atomic E-state index is 11.9. The number of halogens is 1. The van der Waals surface area contributed by atoms with Gasteiger partial charge in [-0.25, -0.2) is 4.98 Å². The molecule has 0 unspecified atom stereocenters. The largest absolute Gasteiger partial charge is 0.352 e. The van der Waals surface area contributed by atoms with Crippen molar-refractivity contribution in [2.24, 2.45) is 7.05 Å². The number of amides is 1. The van der Waals surface area contributed by atoms with Crippen molar-refractivity contribution in [3.05, 3.63) is 51.1 Å². The molecule has 0 radical (unpaired) electrons. The second-order valence-electron chi connectivity index (χ2n) is 4.26. The molecule has 1 amide bonds. The van der Waals surface area contributed by atoms with Gasteiger partial charge in [-0.1, -0.05) is 11.6 Å². The van der Waals surface area contributed by atoms with E-state index in [-0.39, 0.29) is 16.3 Å². The highest BCUT2D eigenvalue weighted by molar-refractivity contribution is 6.34. The normalized spacial score (nSPS) is 10.4. The Hall–Kier alpha value is -2.48. The summed E-state index contributed by atoms with van der Waals surface area (Å²) in [5.41, 5.74) is 0.0329. The van der Waals surface area contributed by atoms with Crippen LogP contribution in [-0.4, -0.2) is 32.1 Å². The highest BCUT2D eigenvalue weighted by atomic mass is 35.5. The lowest BCUT2D eigenvalue weighted by molar-refractivity contribution is -0.384. The zero-order valence-corrected chi connectivity index (χ0v) is 11.9. The Kier molecular flexibility index (Phi) is 4.49. The number of nitro groups is 1. The Labute approximate surface area is 124 Å². The van der Waals surface area contributed by atoms with Crippen LogP contribution in [0.5, 0.6) is 0 Å². The van der Waals surface area contributed by atoms with Crippen molar-refractivity contribution in [3.8, 4) is 0 Å². The van der Waals surface area contributed by atoms with Crippen LogP contribution in [0.15, 0.2) is 24.5 Å². The first-order valence-corrected chi connectivity index (χ1v) is 6.42. The fourth-order valence-electron chi connectivity index (χ4n) is 1.68. The molecular formula is C12H12ClN5O3. The maximum atomic E-state index is 11.9. The van der Waals surface area contributed by atoms with Gasteiger partial charge >= 0.3 is 0 Å². The molecule has 110 valence electrons. The van der Waals surface area contributed by atoms with E-state index < -0.39 is 10.8 Å². The molecule has 0 aliphatic heterocycles. The van der Waals surface area contributed by atoms with Crippen LogP contribution in [-0.2, 0) is 13.5 Å². The fourth-order valence-corrected chi connectivity index (χ4v) is 1.94. The number of carbonyl (C=O) groups is 1. The van der Waals surface area contributed by atoms with E-state index >= 15 is 0 Å². The van der Waals surface area contributed by atoms with E-state index in [2.05, 4.69) is 15.4 Å². The van der Waals surface area contributed by atoms with Crippen molar-refractivity contribution in [1.82, 2.24) is 20.1 Å². The number of nitrogens with zero attached hydrogens (tertiary/aromatic N) is 4. The molecule has 0 aliphatic carbocycles. The summed E-state index contributed by atoms with van der Waals surface area (Å²) < 4.78 is 1.57. The molecule has 0 aliphatic rings. The van der Waals surface area contributed by atoms with Gasteiger partial charge in [0.1, 0.15) is 6.33 Å². The maximum Gasteiger partial charge on any atom is 0.270 e. The van der Waals surface area contributed by atoms with Crippen LogP contribution in [0.25, 0.3) is 0 Å². The summed E-state index contributed by atoms with van der Waals surface area (Å²) in [5.74, 6) is 0.221. The zero-order chi connectivity index (χ0) is 15.4. The van der Waals surface area contributed by atoms with Gasteiger partial charge in [-0.15, -0.1) is 0 Å². The molecule has 2 aromatic rings. The van der Waals surface area contributed by atoms with Crippen LogP contribution in [0.4, 0.5) is 5.69 Å². The van der Waals surface area contributed by atoms with Gasteiger partial charge < -0.3 is 5.32 Å². The topological polar surface area (TPSA) is 103 Å². The molecule has 0 saturated heterocycles. The number of benzene rings is 1. The predicted octanol–water partition coefficient (Wildman–Crippen LogP) is 1.35. The van der Waals surface area contributed by atoms with Gasteiger partial charge in [0, 0.05) is 32.1 Å². The van der Waals surface area contributed by atoms with Crippen LogP contribution >= 0.6 is 11.6 Å². The zero-order valence-electron chi connectivity index (χ0n) is 11.1. The smallest absolute Gasteiger partial charge is 0.270 e. The number of nitrogens with one attached hydrogen (secondary N) is 1. The van der Waals surface area contributed by atoms with Crippen molar-refractivity contribution in [2.75, 3.05) is 6.54 Å². The fraction of sp³-hybridized carbons (Fsp3) is 0.250. The van der Waals surface area contributed by atoms with E-state index in [0.717, 1.165) is 6.07 Å². The third kappa shape index (κ3) is 3.76. The van der Waals surface area contributed by atoms with Crippen molar-refractivity contribution in [2.45, 2.75) is 6.42 Å². The van der Waals surface area contributed by atoms with Gasteiger partial charge in [0.15, 0.2) is 5.82 Å². The van der Waals surface area contributed by atoms with Gasteiger partial charge in [0.25, 0.3) is 11.6 Å². The van der Waals surface area contributed by atoms with Crippen molar-refractivity contribution in [1.29, 1.82) is 0 Å². The minimum atomic E-state index is -0.569. The molecule has 1 aromatic heterocycles. The van der Waals surface area contributed by atoms with E-state index in [1.165, 1.54) is 12.1 Å². The van der Waals surface area contributed by atoms with Gasteiger partial charge in [0.05, 0.1) is 15.5 Å². The van der Waals surface area contributed by atoms with Gasteiger partial charge in [-0.3, -0.25) is 19.6 Å². The first-order chi connectivity index (χ1) is 9.97. The van der Waals surface area contributed by atoms with Crippen molar-refractivity contribution in [3.63, 3.8) is 0 Å². The van der Waals surface area contributed by atoms with Gasteiger partial charge in [-0.05, 0) is 6.07 Å². The number of non-ortho nitro benzene ring substituents is 1.